The van der Waals surface area contributed by atoms with Gasteiger partial charge in [0.1, 0.15) is 57.6 Å². The number of nitrogen functional groups attached to an aromatic ring is 1. The van der Waals surface area contributed by atoms with Crippen LogP contribution in [0.5, 0.6) is 5.75 Å². The summed E-state index contributed by atoms with van der Waals surface area (Å²) in [5.41, 5.74) is 4.74. The Morgan fingerprint density at radius 2 is 2.02 bits per heavy atom. The lowest BCUT2D eigenvalue weighted by atomic mass is 10.0. The Labute approximate surface area is 264 Å². The van der Waals surface area contributed by atoms with Crippen molar-refractivity contribution in [3.63, 3.8) is 0 Å². The number of hydrogen-bond acceptors (Lipinski definition) is 9. The zero-order valence-electron chi connectivity index (χ0n) is 24.6. The number of hydrogen-bond donors (Lipinski definition) is 3. The summed E-state index contributed by atoms with van der Waals surface area (Å²) in [6.07, 6.45) is -4.67. The van der Waals surface area contributed by atoms with Crippen LogP contribution in [0.15, 0.2) is 36.7 Å². The van der Waals surface area contributed by atoms with Crippen molar-refractivity contribution >= 4 is 40.6 Å². The average molecular weight is 666 g/mol. The van der Waals surface area contributed by atoms with Gasteiger partial charge in [-0.1, -0.05) is 11.6 Å². The number of anilines is 2. The number of imidazole rings is 1. The highest BCUT2D eigenvalue weighted by molar-refractivity contribution is 6.30. The molecule has 0 unspecified atom stereocenters. The van der Waals surface area contributed by atoms with Crippen molar-refractivity contribution in [1.82, 2.24) is 24.3 Å². The minimum Gasteiger partial charge on any atom is -0.493 e. The van der Waals surface area contributed by atoms with Crippen LogP contribution in [-0.2, 0) is 15.7 Å². The first-order chi connectivity index (χ1) is 21.7. The maximum atomic E-state index is 16.1. The molecule has 3 atom stereocenters. The van der Waals surface area contributed by atoms with Crippen LogP contribution < -0.4 is 15.8 Å². The number of carbonyl (C=O) groups is 2. The molecule has 0 bridgehead atoms. The van der Waals surface area contributed by atoms with E-state index in [0.29, 0.717) is 6.07 Å². The molecule has 3 aromatic heterocycles. The second-order valence-corrected chi connectivity index (χ2v) is 10.8. The van der Waals surface area contributed by atoms with Gasteiger partial charge in [0.05, 0.1) is 43.1 Å². The maximum absolute atomic E-state index is 16.1. The monoisotopic (exact) mass is 665 g/mol. The molecule has 4 aromatic rings. The summed E-state index contributed by atoms with van der Waals surface area (Å²) in [5.74, 6) is -2.93. The molecule has 4 heterocycles. The SMILES string of the molecule is CCOc1cc(C(=O)Nc2cc(C(F)(F)F)ccn2)cc(F)c1-c1nc([C@H]2CN(C(=O)[C@@H](C)O)[C@@H](C)CO2)n2c(Cl)cnc(N)c12. The van der Waals surface area contributed by atoms with Crippen LogP contribution in [0.25, 0.3) is 16.8 Å². The molecule has 0 spiro atoms. The number of amides is 2. The lowest BCUT2D eigenvalue weighted by Crippen LogP contribution is -2.51. The third-order valence-corrected chi connectivity index (χ3v) is 7.48. The Kier molecular flexibility index (Phi) is 9.06. The van der Waals surface area contributed by atoms with Gasteiger partial charge in [0.2, 0.25) is 0 Å². The van der Waals surface area contributed by atoms with Crippen LogP contribution in [0.3, 0.4) is 0 Å². The number of alkyl halides is 3. The second-order valence-electron chi connectivity index (χ2n) is 10.5. The number of nitrogens with two attached hydrogens (primary N) is 1. The number of rotatable bonds is 7. The van der Waals surface area contributed by atoms with E-state index in [1.807, 2.05) is 0 Å². The smallest absolute Gasteiger partial charge is 0.416 e. The van der Waals surface area contributed by atoms with Gasteiger partial charge in [0, 0.05) is 11.8 Å². The summed E-state index contributed by atoms with van der Waals surface area (Å²) in [5, 5.41) is 12.2. The zero-order chi connectivity index (χ0) is 33.5. The lowest BCUT2D eigenvalue weighted by Gasteiger charge is -2.38. The molecule has 0 radical (unpaired) electrons. The first-order valence-corrected chi connectivity index (χ1v) is 14.3. The standard InChI is InChI=1S/C29H28ClF4N7O5/c1-4-45-18-8-15(27(43)38-21-9-16(5-6-36-21)29(32,33)34)7-17(31)22(18)23-24-25(35)37-10-20(30)41(24)26(39-23)19-11-40(13(2)12-46-19)28(44)14(3)42/h5-10,13-14,19,42H,4,11-12H2,1-3H3,(H2,35,37)(H,36,38,43)/t13-,14+,19+/m0/s1. The predicted molar refractivity (Wildman–Crippen MR) is 158 cm³/mol. The molecule has 1 aliphatic rings. The van der Waals surface area contributed by atoms with Crippen LogP contribution in [-0.4, -0.2) is 73.1 Å². The van der Waals surface area contributed by atoms with E-state index in [9.17, 15) is 27.9 Å². The molecule has 5 rings (SSSR count). The number of halogens is 5. The van der Waals surface area contributed by atoms with Crippen molar-refractivity contribution in [3.05, 3.63) is 64.6 Å². The molecule has 1 fully saturated rings. The molecule has 1 aromatic carbocycles. The van der Waals surface area contributed by atoms with E-state index in [0.717, 1.165) is 18.3 Å². The Bertz CT molecular complexity index is 1820. The van der Waals surface area contributed by atoms with Gasteiger partial charge in [-0.25, -0.2) is 19.3 Å². The summed E-state index contributed by atoms with van der Waals surface area (Å²) >= 11 is 6.53. The molecule has 46 heavy (non-hydrogen) atoms. The zero-order valence-corrected chi connectivity index (χ0v) is 25.4. The van der Waals surface area contributed by atoms with Gasteiger partial charge < -0.3 is 30.5 Å². The van der Waals surface area contributed by atoms with Crippen molar-refractivity contribution in [2.24, 2.45) is 0 Å². The number of aliphatic hydroxyl groups is 1. The average Bonchev–Trinajstić information content (AvgIpc) is 3.40. The number of morpholine rings is 1. The number of pyridine rings is 1. The molecule has 1 aliphatic heterocycles. The van der Waals surface area contributed by atoms with E-state index in [1.54, 1.807) is 13.8 Å². The van der Waals surface area contributed by atoms with Crippen molar-refractivity contribution in [2.75, 3.05) is 30.8 Å². The summed E-state index contributed by atoms with van der Waals surface area (Å²) in [6, 6.07) is 3.09. The number of benzene rings is 1. The van der Waals surface area contributed by atoms with E-state index in [-0.39, 0.29) is 70.7 Å². The van der Waals surface area contributed by atoms with Gasteiger partial charge in [-0.2, -0.15) is 13.2 Å². The van der Waals surface area contributed by atoms with E-state index in [2.05, 4.69) is 20.3 Å². The first-order valence-electron chi connectivity index (χ1n) is 13.9. The third kappa shape index (κ3) is 6.27. The molecule has 4 N–H and O–H groups in total. The normalized spacial score (nSPS) is 17.6. The number of aliphatic hydroxyl groups excluding tert-OH is 1. The largest absolute Gasteiger partial charge is 0.493 e. The van der Waals surface area contributed by atoms with Crippen LogP contribution in [0.1, 0.15) is 48.6 Å². The number of nitrogens with one attached hydrogen (secondary N) is 1. The highest BCUT2D eigenvalue weighted by Crippen LogP contribution is 2.41. The minimum atomic E-state index is -4.67. The highest BCUT2D eigenvalue weighted by Gasteiger charge is 2.36. The van der Waals surface area contributed by atoms with Crippen LogP contribution >= 0.6 is 11.6 Å². The number of ether oxygens (including phenoxy) is 2. The minimum absolute atomic E-state index is 0.0223. The predicted octanol–water partition coefficient (Wildman–Crippen LogP) is 4.51. The Balaban J connectivity index is 1.59. The molecule has 0 saturated carbocycles. The summed E-state index contributed by atoms with van der Waals surface area (Å²) in [4.78, 5) is 39.6. The fraction of sp³-hybridized carbons (Fsp3) is 0.345. The molecule has 2 amide bonds. The summed E-state index contributed by atoms with van der Waals surface area (Å²) in [7, 11) is 0. The fourth-order valence-corrected chi connectivity index (χ4v) is 5.28. The van der Waals surface area contributed by atoms with Gasteiger partial charge in [-0.05, 0) is 45.0 Å². The number of carbonyl (C=O) groups excluding carboxylic acids is 2. The van der Waals surface area contributed by atoms with Crippen LogP contribution in [0.4, 0.5) is 29.2 Å². The number of nitrogens with zero attached hydrogens (tertiary/aromatic N) is 5. The van der Waals surface area contributed by atoms with Crippen molar-refractivity contribution in [1.29, 1.82) is 0 Å². The molecular formula is C29H28ClF4N7O5. The lowest BCUT2D eigenvalue weighted by molar-refractivity contribution is -0.152. The van der Waals surface area contributed by atoms with Crippen molar-refractivity contribution in [2.45, 2.75) is 45.2 Å². The topological polar surface area (TPSA) is 157 Å². The Hall–Kier alpha value is -4.54. The molecule has 0 aliphatic carbocycles. The first kappa shape index (κ1) is 32.8. The van der Waals surface area contributed by atoms with Crippen LogP contribution in [0, 0.1) is 5.82 Å². The molecule has 244 valence electrons. The molecule has 12 nitrogen and oxygen atoms in total. The number of fused-ring (bicyclic) bond motifs is 1. The highest BCUT2D eigenvalue weighted by atomic mass is 35.5. The number of aromatic nitrogens is 4. The van der Waals surface area contributed by atoms with Crippen molar-refractivity contribution < 1.29 is 41.7 Å². The Morgan fingerprint density at radius 1 is 1.28 bits per heavy atom. The van der Waals surface area contributed by atoms with Crippen molar-refractivity contribution in [3.8, 4) is 17.0 Å². The van der Waals surface area contributed by atoms with E-state index < -0.39 is 47.4 Å². The fourth-order valence-electron chi connectivity index (χ4n) is 5.06. The van der Waals surface area contributed by atoms with Gasteiger partial charge in [-0.15, -0.1) is 0 Å². The Morgan fingerprint density at radius 3 is 2.70 bits per heavy atom. The second kappa shape index (κ2) is 12.7. The van der Waals surface area contributed by atoms with Gasteiger partial charge in [0.15, 0.2) is 0 Å². The molecule has 17 heteroatoms. The summed E-state index contributed by atoms with van der Waals surface area (Å²) < 4.78 is 68.6. The third-order valence-electron chi connectivity index (χ3n) is 7.21. The molecular weight excluding hydrogens is 638 g/mol. The van der Waals surface area contributed by atoms with E-state index in [1.165, 1.54) is 28.5 Å². The van der Waals surface area contributed by atoms with E-state index in [4.69, 9.17) is 26.8 Å². The van der Waals surface area contributed by atoms with Gasteiger partial charge in [0.25, 0.3) is 11.8 Å². The van der Waals surface area contributed by atoms with Gasteiger partial charge in [-0.3, -0.25) is 14.0 Å². The summed E-state index contributed by atoms with van der Waals surface area (Å²) in [6.45, 7) is 4.82. The maximum Gasteiger partial charge on any atom is 0.416 e. The quantitative estimate of drug-likeness (QED) is 0.242. The molecule has 1 saturated heterocycles. The van der Waals surface area contributed by atoms with E-state index >= 15 is 4.39 Å². The van der Waals surface area contributed by atoms with Crippen LogP contribution in [0.2, 0.25) is 5.15 Å². The van der Waals surface area contributed by atoms with Gasteiger partial charge >= 0.3 is 6.18 Å².